The molecule has 7 heteroatoms. The molecule has 0 saturated carbocycles. The minimum absolute atomic E-state index is 0.0927. The van der Waals surface area contributed by atoms with E-state index in [2.05, 4.69) is 22.0 Å². The molecule has 0 amide bonds. The topological polar surface area (TPSA) is 36.8 Å². The number of hydrogen-bond donors (Lipinski definition) is 1. The molecule has 0 bridgehead atoms. The fraction of sp³-hybridized carbons (Fsp3) is 0.444. The Labute approximate surface area is 151 Å². The maximum absolute atomic E-state index is 14.1. The summed E-state index contributed by atoms with van der Waals surface area (Å²) in [5.41, 5.74) is 1.22. The van der Waals surface area contributed by atoms with Crippen LogP contribution in [0.4, 0.5) is 13.2 Å². The Bertz CT molecular complexity index is 634. The molecule has 0 unspecified atom stereocenters. The van der Waals surface area contributed by atoms with E-state index in [1.807, 2.05) is 13.8 Å². The standard InChI is InChI=1S/C18H23ClF3N3/c1-4-7-15(25-11-19)13(5-2)18(23-3)24-10-12-8-6-9-14(16(12)20)17(21)22/h6,8-9,17,25H,3-5,7,10-11H2,1-2H3/b15-13-,24-18?. The average molecular weight is 374 g/mol. The van der Waals surface area contributed by atoms with Gasteiger partial charge in [-0.25, -0.2) is 18.2 Å². The van der Waals surface area contributed by atoms with Crippen LogP contribution < -0.4 is 5.32 Å². The first-order valence-electron chi connectivity index (χ1n) is 8.08. The van der Waals surface area contributed by atoms with E-state index in [0.29, 0.717) is 12.3 Å². The maximum Gasteiger partial charge on any atom is 0.266 e. The summed E-state index contributed by atoms with van der Waals surface area (Å²) < 4.78 is 39.7. The zero-order valence-electron chi connectivity index (χ0n) is 14.5. The van der Waals surface area contributed by atoms with Crippen LogP contribution in [0, 0.1) is 5.82 Å². The van der Waals surface area contributed by atoms with Crippen molar-refractivity contribution in [3.8, 4) is 0 Å². The summed E-state index contributed by atoms with van der Waals surface area (Å²) in [7, 11) is 0. The minimum atomic E-state index is -2.86. The predicted molar refractivity (Wildman–Crippen MR) is 98.1 cm³/mol. The van der Waals surface area contributed by atoms with Gasteiger partial charge in [-0.15, -0.1) is 11.6 Å². The van der Waals surface area contributed by atoms with E-state index in [0.717, 1.165) is 30.2 Å². The van der Waals surface area contributed by atoms with Gasteiger partial charge in [0.25, 0.3) is 6.43 Å². The van der Waals surface area contributed by atoms with E-state index in [4.69, 9.17) is 11.6 Å². The van der Waals surface area contributed by atoms with Crippen LogP contribution in [0.15, 0.2) is 39.5 Å². The average Bonchev–Trinajstić information content (AvgIpc) is 2.59. The van der Waals surface area contributed by atoms with Crippen LogP contribution in [0.1, 0.15) is 50.7 Å². The van der Waals surface area contributed by atoms with E-state index < -0.39 is 17.8 Å². The molecule has 0 aromatic heterocycles. The third kappa shape index (κ3) is 5.88. The van der Waals surface area contributed by atoms with Gasteiger partial charge >= 0.3 is 0 Å². The lowest BCUT2D eigenvalue weighted by molar-refractivity contribution is 0.146. The zero-order chi connectivity index (χ0) is 18.8. The fourth-order valence-corrected chi connectivity index (χ4v) is 2.64. The number of alkyl halides is 3. The molecule has 1 aromatic rings. The van der Waals surface area contributed by atoms with Gasteiger partial charge in [0.1, 0.15) is 5.82 Å². The number of rotatable bonds is 9. The van der Waals surface area contributed by atoms with Gasteiger partial charge in [-0.05, 0) is 19.6 Å². The van der Waals surface area contributed by atoms with Crippen LogP contribution in [-0.2, 0) is 6.54 Å². The number of allylic oxidation sites excluding steroid dienone is 1. The first kappa shape index (κ1) is 21.2. The van der Waals surface area contributed by atoms with Gasteiger partial charge in [0.05, 0.1) is 18.1 Å². The molecule has 1 rings (SSSR count). The summed E-state index contributed by atoms with van der Waals surface area (Å²) in [6.07, 6.45) is -0.565. The molecule has 25 heavy (non-hydrogen) atoms. The first-order valence-corrected chi connectivity index (χ1v) is 8.62. The first-order chi connectivity index (χ1) is 12.0. The quantitative estimate of drug-likeness (QED) is 0.259. The molecule has 0 aliphatic rings. The summed E-state index contributed by atoms with van der Waals surface area (Å²) >= 11 is 5.77. The van der Waals surface area contributed by atoms with Gasteiger partial charge in [-0.2, -0.15) is 0 Å². The van der Waals surface area contributed by atoms with Crippen molar-refractivity contribution in [3.05, 3.63) is 46.4 Å². The summed E-state index contributed by atoms with van der Waals surface area (Å²) in [6.45, 7) is 7.41. The largest absolute Gasteiger partial charge is 0.375 e. The monoisotopic (exact) mass is 373 g/mol. The molecule has 0 aliphatic heterocycles. The third-order valence-corrected chi connectivity index (χ3v) is 3.79. The normalized spacial score (nSPS) is 13.0. The summed E-state index contributed by atoms with van der Waals surface area (Å²) in [5, 5.41) is 3.09. The zero-order valence-corrected chi connectivity index (χ0v) is 15.2. The lowest BCUT2D eigenvalue weighted by atomic mass is 10.1. The third-order valence-electron chi connectivity index (χ3n) is 3.66. The molecular formula is C18H23ClF3N3. The number of benzene rings is 1. The number of aliphatic imine (C=N–C) groups is 2. The molecule has 138 valence electrons. The Morgan fingerprint density at radius 2 is 2.04 bits per heavy atom. The summed E-state index contributed by atoms with van der Waals surface area (Å²) in [5.74, 6) is -0.565. The second-order valence-corrected chi connectivity index (χ2v) is 5.56. The SMILES string of the molecule is C=NC(=NCc1cccc(C(F)F)c1F)/C(CC)=C(/CCC)NCCl. The lowest BCUT2D eigenvalue weighted by Gasteiger charge is -2.14. The van der Waals surface area contributed by atoms with E-state index in [9.17, 15) is 13.2 Å². The van der Waals surface area contributed by atoms with E-state index in [-0.39, 0.29) is 18.1 Å². The number of hydrogen-bond acceptors (Lipinski definition) is 2. The number of nitrogens with zero attached hydrogens (tertiary/aromatic N) is 2. The van der Waals surface area contributed by atoms with Crippen molar-refractivity contribution in [1.29, 1.82) is 0 Å². The van der Waals surface area contributed by atoms with Crippen molar-refractivity contribution in [1.82, 2.24) is 5.32 Å². The van der Waals surface area contributed by atoms with Crippen LogP contribution in [-0.4, -0.2) is 18.6 Å². The van der Waals surface area contributed by atoms with Crippen molar-refractivity contribution >= 4 is 24.2 Å². The van der Waals surface area contributed by atoms with Crippen molar-refractivity contribution in [3.63, 3.8) is 0 Å². The molecule has 0 atom stereocenters. The maximum atomic E-state index is 14.1. The van der Waals surface area contributed by atoms with Gasteiger partial charge in [0.15, 0.2) is 5.84 Å². The minimum Gasteiger partial charge on any atom is -0.375 e. The Balaban J connectivity index is 3.20. The molecule has 3 nitrogen and oxygen atoms in total. The molecule has 0 spiro atoms. The Morgan fingerprint density at radius 1 is 1.32 bits per heavy atom. The van der Waals surface area contributed by atoms with Crippen LogP contribution in [0.5, 0.6) is 0 Å². The second-order valence-electron chi connectivity index (χ2n) is 5.29. The Kier molecular flexibility index (Phi) is 9.27. The van der Waals surface area contributed by atoms with Crippen LogP contribution >= 0.6 is 11.6 Å². The molecule has 0 aliphatic carbocycles. The number of halogens is 4. The second kappa shape index (κ2) is 10.9. The predicted octanol–water partition coefficient (Wildman–Crippen LogP) is 5.61. The van der Waals surface area contributed by atoms with Crippen molar-refractivity contribution in [2.45, 2.75) is 46.1 Å². The highest BCUT2D eigenvalue weighted by Gasteiger charge is 2.16. The molecular weight excluding hydrogens is 351 g/mol. The van der Waals surface area contributed by atoms with E-state index >= 15 is 0 Å². The van der Waals surface area contributed by atoms with Gasteiger partial charge < -0.3 is 5.32 Å². The molecule has 0 radical (unpaired) electrons. The highest BCUT2D eigenvalue weighted by molar-refractivity contribution is 6.17. The van der Waals surface area contributed by atoms with E-state index in [1.165, 1.54) is 12.1 Å². The van der Waals surface area contributed by atoms with Crippen molar-refractivity contribution in [2.75, 3.05) is 6.00 Å². The van der Waals surface area contributed by atoms with Gasteiger partial charge in [0.2, 0.25) is 0 Å². The smallest absolute Gasteiger partial charge is 0.266 e. The molecule has 1 N–H and O–H groups in total. The van der Waals surface area contributed by atoms with E-state index in [1.54, 1.807) is 0 Å². The Hall–Kier alpha value is -1.82. The molecule has 1 aromatic carbocycles. The molecule has 0 saturated heterocycles. The summed E-state index contributed by atoms with van der Waals surface area (Å²) in [6, 6.07) is 4.14. The fourth-order valence-electron chi connectivity index (χ4n) is 2.47. The molecule has 0 heterocycles. The van der Waals surface area contributed by atoms with Crippen molar-refractivity contribution in [2.24, 2.45) is 9.98 Å². The number of amidine groups is 1. The Morgan fingerprint density at radius 3 is 2.56 bits per heavy atom. The van der Waals surface area contributed by atoms with Crippen LogP contribution in [0.2, 0.25) is 0 Å². The van der Waals surface area contributed by atoms with Crippen LogP contribution in [0.3, 0.4) is 0 Å². The lowest BCUT2D eigenvalue weighted by Crippen LogP contribution is -2.17. The van der Waals surface area contributed by atoms with Gasteiger partial charge in [0, 0.05) is 16.8 Å². The van der Waals surface area contributed by atoms with Gasteiger partial charge in [-0.1, -0.05) is 38.5 Å². The molecule has 0 fully saturated rings. The van der Waals surface area contributed by atoms with Crippen molar-refractivity contribution < 1.29 is 13.2 Å². The van der Waals surface area contributed by atoms with Crippen LogP contribution in [0.25, 0.3) is 0 Å². The highest BCUT2D eigenvalue weighted by Crippen LogP contribution is 2.25. The number of nitrogens with one attached hydrogen (secondary N) is 1. The summed E-state index contributed by atoms with van der Waals surface area (Å²) in [4.78, 5) is 8.23. The highest BCUT2D eigenvalue weighted by atomic mass is 35.5. The van der Waals surface area contributed by atoms with Gasteiger partial charge in [-0.3, -0.25) is 4.99 Å².